The molecule has 0 saturated carbocycles. The molecule has 2 heterocycles. The molecule has 1 amide bonds. The molecule has 0 spiro atoms. The largest absolute Gasteiger partial charge is 0.457 e. The molecule has 27 heavy (non-hydrogen) atoms. The highest BCUT2D eigenvalue weighted by Crippen LogP contribution is 2.36. The Morgan fingerprint density at radius 1 is 0.963 bits per heavy atom. The van der Waals surface area contributed by atoms with Gasteiger partial charge in [-0.1, -0.05) is 47.5 Å². The van der Waals surface area contributed by atoms with E-state index in [1.165, 1.54) is 5.01 Å². The summed E-state index contributed by atoms with van der Waals surface area (Å²) < 4.78 is 5.86. The molecule has 4 nitrogen and oxygen atoms in total. The Labute approximate surface area is 166 Å². The lowest BCUT2D eigenvalue weighted by molar-refractivity contribution is -0.114. The zero-order valence-corrected chi connectivity index (χ0v) is 15.8. The molecular formula is C21H14Cl2N2O2. The van der Waals surface area contributed by atoms with Crippen molar-refractivity contribution in [1.29, 1.82) is 0 Å². The first-order valence-corrected chi connectivity index (χ1v) is 9.01. The molecule has 0 bridgehead atoms. The van der Waals surface area contributed by atoms with Crippen LogP contribution in [-0.2, 0) is 4.79 Å². The van der Waals surface area contributed by atoms with Gasteiger partial charge in [-0.2, -0.15) is 10.1 Å². The van der Waals surface area contributed by atoms with Crippen molar-refractivity contribution in [2.45, 2.75) is 6.92 Å². The van der Waals surface area contributed by atoms with Crippen molar-refractivity contribution in [3.8, 4) is 11.3 Å². The molecule has 0 saturated heterocycles. The van der Waals surface area contributed by atoms with Crippen LogP contribution in [0.2, 0.25) is 10.0 Å². The second-order valence-electron chi connectivity index (χ2n) is 5.99. The first kappa shape index (κ1) is 17.6. The molecule has 4 rings (SSSR count). The number of amides is 1. The fourth-order valence-electron chi connectivity index (χ4n) is 2.87. The minimum atomic E-state index is -0.201. The third-order valence-electron chi connectivity index (χ3n) is 4.19. The van der Waals surface area contributed by atoms with Crippen molar-refractivity contribution in [3.05, 3.63) is 82.0 Å². The number of furan rings is 1. The van der Waals surface area contributed by atoms with Crippen molar-refractivity contribution < 1.29 is 9.21 Å². The molecule has 1 aliphatic rings. The van der Waals surface area contributed by atoms with Crippen molar-refractivity contribution in [2.24, 2.45) is 5.10 Å². The van der Waals surface area contributed by atoms with Gasteiger partial charge in [0.15, 0.2) is 0 Å². The highest BCUT2D eigenvalue weighted by atomic mass is 35.5. The maximum atomic E-state index is 12.8. The molecule has 0 fully saturated rings. The number of hydrogen-bond acceptors (Lipinski definition) is 3. The summed E-state index contributed by atoms with van der Waals surface area (Å²) in [7, 11) is 0. The van der Waals surface area contributed by atoms with Gasteiger partial charge in [-0.15, -0.1) is 0 Å². The van der Waals surface area contributed by atoms with Crippen LogP contribution >= 0.6 is 23.2 Å². The van der Waals surface area contributed by atoms with Gasteiger partial charge in [0.25, 0.3) is 5.91 Å². The van der Waals surface area contributed by atoms with Crippen molar-refractivity contribution in [1.82, 2.24) is 0 Å². The molecule has 0 atom stereocenters. The standard InChI is InChI=1S/C21H14Cl2N2O2/c1-13-16(21(26)25(24-13)14-6-3-2-4-7-14)12-15-10-11-19(27-15)20-17(22)8-5-9-18(20)23/h2-12H,1H3. The molecule has 0 aliphatic carbocycles. The van der Waals surface area contributed by atoms with Crippen LogP contribution < -0.4 is 5.01 Å². The highest BCUT2D eigenvalue weighted by Gasteiger charge is 2.29. The average Bonchev–Trinajstić information content (AvgIpc) is 3.22. The number of anilines is 1. The summed E-state index contributed by atoms with van der Waals surface area (Å²) in [5, 5.41) is 6.75. The maximum Gasteiger partial charge on any atom is 0.280 e. The van der Waals surface area contributed by atoms with Gasteiger partial charge in [0.2, 0.25) is 0 Å². The molecular weight excluding hydrogens is 383 g/mol. The van der Waals surface area contributed by atoms with Crippen molar-refractivity contribution in [3.63, 3.8) is 0 Å². The van der Waals surface area contributed by atoms with Gasteiger partial charge in [-0.05, 0) is 49.4 Å². The smallest absolute Gasteiger partial charge is 0.280 e. The number of benzene rings is 2. The van der Waals surface area contributed by atoms with Gasteiger partial charge < -0.3 is 4.42 Å². The summed E-state index contributed by atoms with van der Waals surface area (Å²) in [5.41, 5.74) is 2.44. The van der Waals surface area contributed by atoms with Crippen LogP contribution in [0.5, 0.6) is 0 Å². The monoisotopic (exact) mass is 396 g/mol. The lowest BCUT2D eigenvalue weighted by Gasteiger charge is -2.10. The van der Waals surface area contributed by atoms with Gasteiger partial charge in [-0.25, -0.2) is 0 Å². The van der Waals surface area contributed by atoms with Crippen LogP contribution in [0.15, 0.2) is 75.8 Å². The first-order valence-electron chi connectivity index (χ1n) is 8.25. The van der Waals surface area contributed by atoms with Gasteiger partial charge in [0, 0.05) is 0 Å². The average molecular weight is 397 g/mol. The molecule has 1 aliphatic heterocycles. The van der Waals surface area contributed by atoms with E-state index >= 15 is 0 Å². The Morgan fingerprint density at radius 3 is 2.37 bits per heavy atom. The summed E-state index contributed by atoms with van der Waals surface area (Å²) in [6.45, 7) is 1.79. The molecule has 0 radical (unpaired) electrons. The fourth-order valence-corrected chi connectivity index (χ4v) is 3.45. The van der Waals surface area contributed by atoms with Gasteiger partial charge >= 0.3 is 0 Å². The lowest BCUT2D eigenvalue weighted by atomic mass is 10.1. The summed E-state index contributed by atoms with van der Waals surface area (Å²) in [4.78, 5) is 12.8. The quantitative estimate of drug-likeness (QED) is 0.505. The minimum absolute atomic E-state index is 0.201. The van der Waals surface area contributed by atoms with E-state index in [2.05, 4.69) is 5.10 Å². The normalized spacial score (nSPS) is 15.5. The van der Waals surface area contributed by atoms with Crippen molar-refractivity contribution >= 4 is 46.6 Å². The second-order valence-corrected chi connectivity index (χ2v) is 6.81. The Balaban J connectivity index is 1.66. The predicted octanol–water partition coefficient (Wildman–Crippen LogP) is 6.06. The van der Waals surface area contributed by atoms with Gasteiger partial charge in [0.1, 0.15) is 11.5 Å². The molecule has 134 valence electrons. The SMILES string of the molecule is CC1=NN(c2ccccc2)C(=O)C1=Cc1ccc(-c2c(Cl)cccc2Cl)o1. The minimum Gasteiger partial charge on any atom is -0.457 e. The highest BCUT2D eigenvalue weighted by molar-refractivity contribution is 6.39. The summed E-state index contributed by atoms with van der Waals surface area (Å²) in [6.07, 6.45) is 1.68. The number of hydrogen-bond donors (Lipinski definition) is 0. The van der Waals surface area contributed by atoms with E-state index in [-0.39, 0.29) is 5.91 Å². The predicted molar refractivity (Wildman–Crippen MR) is 109 cm³/mol. The number of carbonyl (C=O) groups excluding carboxylic acids is 1. The van der Waals surface area contributed by atoms with Crippen LogP contribution in [0.1, 0.15) is 12.7 Å². The number of rotatable bonds is 3. The Bertz CT molecular complexity index is 1060. The Hall–Kier alpha value is -2.82. The number of hydrazone groups is 1. The summed E-state index contributed by atoms with van der Waals surface area (Å²) >= 11 is 12.5. The summed E-state index contributed by atoms with van der Waals surface area (Å²) in [5.74, 6) is 0.860. The van der Waals surface area contributed by atoms with Crippen LogP contribution in [-0.4, -0.2) is 11.6 Å². The van der Waals surface area contributed by atoms with E-state index < -0.39 is 0 Å². The Morgan fingerprint density at radius 2 is 1.67 bits per heavy atom. The molecule has 0 N–H and O–H groups in total. The molecule has 1 aromatic heterocycles. The topological polar surface area (TPSA) is 45.8 Å². The van der Waals surface area contributed by atoms with Crippen LogP contribution in [0, 0.1) is 0 Å². The maximum absolute atomic E-state index is 12.8. The van der Waals surface area contributed by atoms with E-state index in [9.17, 15) is 4.79 Å². The molecule has 6 heteroatoms. The third kappa shape index (κ3) is 3.29. The number of para-hydroxylation sites is 1. The fraction of sp³-hybridized carbons (Fsp3) is 0.0476. The summed E-state index contributed by atoms with van der Waals surface area (Å²) in [6, 6.07) is 18.1. The number of carbonyl (C=O) groups is 1. The first-order chi connectivity index (χ1) is 13.0. The van der Waals surface area contributed by atoms with Crippen LogP contribution in [0.25, 0.3) is 17.4 Å². The van der Waals surface area contributed by atoms with E-state index in [1.807, 2.05) is 30.3 Å². The van der Waals surface area contributed by atoms with Gasteiger partial charge in [0.05, 0.1) is 32.6 Å². The lowest BCUT2D eigenvalue weighted by Crippen LogP contribution is -2.21. The molecule has 3 aromatic rings. The van der Waals surface area contributed by atoms with Crippen LogP contribution in [0.3, 0.4) is 0 Å². The number of nitrogens with zero attached hydrogens (tertiary/aromatic N) is 2. The van der Waals surface area contributed by atoms with Gasteiger partial charge in [-0.3, -0.25) is 4.79 Å². The van der Waals surface area contributed by atoms with Crippen molar-refractivity contribution in [2.75, 3.05) is 5.01 Å². The zero-order valence-electron chi connectivity index (χ0n) is 14.3. The van der Waals surface area contributed by atoms with Crippen LogP contribution in [0.4, 0.5) is 5.69 Å². The zero-order chi connectivity index (χ0) is 19.0. The van der Waals surface area contributed by atoms with E-state index in [1.54, 1.807) is 43.3 Å². The van der Waals surface area contributed by atoms with E-state index in [0.717, 1.165) is 0 Å². The number of halogens is 2. The molecule has 2 aromatic carbocycles. The van der Waals surface area contributed by atoms with E-state index in [0.29, 0.717) is 44.1 Å². The second kappa shape index (κ2) is 7.06. The third-order valence-corrected chi connectivity index (χ3v) is 4.82. The van der Waals surface area contributed by atoms with E-state index in [4.69, 9.17) is 27.6 Å². The Kier molecular flexibility index (Phi) is 4.60. The molecule has 0 unspecified atom stereocenters.